The molecule has 9 heteroatoms. The van der Waals surface area contributed by atoms with Gasteiger partial charge in [0.1, 0.15) is 0 Å². The predicted octanol–water partition coefficient (Wildman–Crippen LogP) is -5.00. The number of carbonyl (C=O) groups excluding carboxylic acids is 2. The van der Waals surface area contributed by atoms with Gasteiger partial charge in [-0.3, -0.25) is 9.36 Å². The fourth-order valence-electron chi connectivity index (χ4n) is 0.860. The summed E-state index contributed by atoms with van der Waals surface area (Å²) in [7, 11) is -3.13. The van der Waals surface area contributed by atoms with Crippen LogP contribution in [0.2, 0.25) is 0 Å². The fraction of sp³-hybridized carbons (Fsp3) is 0.750. The molecule has 0 bridgehead atoms. The first-order valence-electron chi connectivity index (χ1n) is 4.49. The summed E-state index contributed by atoms with van der Waals surface area (Å²) in [6.45, 7) is 2.85. The van der Waals surface area contributed by atoms with Crippen molar-refractivity contribution in [2.45, 2.75) is 25.4 Å². The molecule has 6 nitrogen and oxygen atoms in total. The zero-order valence-corrected chi connectivity index (χ0v) is 12.7. The van der Waals surface area contributed by atoms with Gasteiger partial charge in [-0.25, -0.2) is 0 Å². The van der Waals surface area contributed by atoms with Crippen molar-refractivity contribution in [3.05, 3.63) is 0 Å². The van der Waals surface area contributed by atoms with E-state index in [1.54, 1.807) is 6.92 Å². The molecule has 94 valence electrons. The summed E-state index contributed by atoms with van der Waals surface area (Å²) in [5.41, 5.74) is 5.54. The molecule has 1 amide bonds. The molecule has 0 aliphatic rings. The number of carbonyl (C=O) groups is 2. The van der Waals surface area contributed by atoms with E-state index in [2.05, 4.69) is 5.32 Å². The second-order valence-corrected chi connectivity index (χ2v) is 6.07. The summed E-state index contributed by atoms with van der Waals surface area (Å²) in [4.78, 5) is 31.5. The minimum atomic E-state index is -3.13. The smallest absolute Gasteiger partial charge is 0.355 e. The molecule has 0 aromatic rings. The van der Waals surface area contributed by atoms with Crippen molar-refractivity contribution in [2.24, 2.45) is 5.73 Å². The van der Waals surface area contributed by atoms with Crippen molar-refractivity contribution in [3.63, 3.8) is 0 Å². The zero-order chi connectivity index (χ0) is 12.9. The van der Waals surface area contributed by atoms with E-state index in [4.69, 9.17) is 10.6 Å². The molecule has 4 N–H and O–H groups in total. The van der Waals surface area contributed by atoms with Crippen molar-refractivity contribution >= 4 is 34.2 Å². The molecule has 0 radical (unpaired) electrons. The van der Waals surface area contributed by atoms with Gasteiger partial charge < -0.3 is 20.7 Å². The molecular formula is C8H19AlN2NaO4P. The Morgan fingerprint density at radius 3 is 2.35 bits per heavy atom. The average Bonchev–Trinajstić information content (AvgIpc) is 2.12. The van der Waals surface area contributed by atoms with Crippen LogP contribution in [0.5, 0.6) is 0 Å². The molecule has 1 unspecified atom stereocenters. The Kier molecular flexibility index (Phi) is 10.5. The van der Waals surface area contributed by atoms with E-state index >= 15 is 0 Å². The van der Waals surface area contributed by atoms with Crippen LogP contribution in [0.3, 0.4) is 0 Å². The van der Waals surface area contributed by atoms with Gasteiger partial charge in [-0.1, -0.05) is 4.65 Å². The Hall–Kier alpha value is 0.822. The summed E-state index contributed by atoms with van der Waals surface area (Å²) in [5.74, 6) is -0.436. The van der Waals surface area contributed by atoms with Crippen molar-refractivity contribution in [2.75, 3.05) is 12.8 Å². The monoisotopic (exact) mass is 288 g/mol. The van der Waals surface area contributed by atoms with Crippen molar-refractivity contribution in [1.82, 2.24) is 5.32 Å². The Bertz CT molecular complexity index is 323. The van der Waals surface area contributed by atoms with Crippen LogP contribution in [0, 0.1) is 0 Å². The minimum Gasteiger partial charge on any atom is -0.355 e. The summed E-state index contributed by atoms with van der Waals surface area (Å²) in [6, 6.07) is -1.30. The Morgan fingerprint density at radius 1 is 1.53 bits per heavy atom. The molecule has 3 atom stereocenters. The number of amides is 1. The third-order valence-electron chi connectivity index (χ3n) is 1.73. The topological polar surface area (TPSA) is 109 Å². The molecule has 0 aliphatic carbocycles. The summed E-state index contributed by atoms with van der Waals surface area (Å²) >= 11 is -0.426. The van der Waals surface area contributed by atoms with Gasteiger partial charge in [0.2, 0.25) is 5.91 Å². The number of hydrogen-bond acceptors (Lipinski definition) is 4. The van der Waals surface area contributed by atoms with Crippen molar-refractivity contribution in [1.29, 1.82) is 0 Å². The van der Waals surface area contributed by atoms with Crippen LogP contribution in [-0.2, 0) is 14.2 Å². The molecule has 0 aromatic carbocycles. The molecular weight excluding hydrogens is 269 g/mol. The van der Waals surface area contributed by atoms with Gasteiger partial charge in [-0.15, -0.1) is 0 Å². The third kappa shape index (κ3) is 10.4. The van der Waals surface area contributed by atoms with Crippen LogP contribution in [0.25, 0.3) is 0 Å². The molecule has 0 saturated carbocycles. The van der Waals surface area contributed by atoms with Crippen LogP contribution in [0.1, 0.15) is 13.3 Å². The maximum atomic E-state index is 11.4. The van der Waals surface area contributed by atoms with Crippen LogP contribution >= 0.6 is 7.37 Å². The predicted molar refractivity (Wildman–Crippen MR) is 65.8 cm³/mol. The van der Waals surface area contributed by atoms with Crippen LogP contribution < -0.4 is 40.6 Å². The van der Waals surface area contributed by atoms with Crippen LogP contribution in [0.4, 0.5) is 0 Å². The van der Waals surface area contributed by atoms with E-state index in [1.165, 1.54) is 6.66 Å². The van der Waals surface area contributed by atoms with Crippen LogP contribution in [0.15, 0.2) is 0 Å². The van der Waals surface area contributed by atoms with E-state index in [9.17, 15) is 14.2 Å². The summed E-state index contributed by atoms with van der Waals surface area (Å²) in [5, 5.41) is 2.49. The molecule has 0 rings (SSSR count). The first-order valence-corrected chi connectivity index (χ1v) is 6.78. The van der Waals surface area contributed by atoms with E-state index < -0.39 is 41.6 Å². The second-order valence-electron chi connectivity index (χ2n) is 3.52. The van der Waals surface area contributed by atoms with Gasteiger partial charge in [0.25, 0.3) is 0 Å². The standard InChI is InChI=1S/C8H16N2O4P.Al.Na.3H/c1-6(5-11)10-8(12)7(9)3-4-15(2,13)14;;;;;/h6-7H,3-4,9H2,1-2H3,(H,10,12)(H,13,14);;;;;/q;-1;+1;;;/t6-,7-;;;;;/m0...../s1. The number of rotatable bonds is 6. The summed E-state index contributed by atoms with van der Waals surface area (Å²) < 4.78 is 11.1. The van der Waals surface area contributed by atoms with E-state index in [0.717, 1.165) is 0 Å². The Labute approximate surface area is 131 Å². The quantitative estimate of drug-likeness (QED) is 0.335. The largest absolute Gasteiger partial charge is 1.00 e. The molecule has 17 heavy (non-hydrogen) atoms. The van der Waals surface area contributed by atoms with Gasteiger partial charge in [-0.05, 0) is 13.3 Å². The van der Waals surface area contributed by atoms with Gasteiger partial charge in [-0.2, -0.15) is 0 Å². The van der Waals surface area contributed by atoms with Gasteiger partial charge in [0.15, 0.2) is 23.7 Å². The van der Waals surface area contributed by atoms with E-state index in [-0.39, 0.29) is 46.8 Å². The Morgan fingerprint density at radius 2 is 2.00 bits per heavy atom. The number of nitrogens with one attached hydrogen (secondary N) is 1. The first-order chi connectivity index (χ1) is 7.13. The van der Waals surface area contributed by atoms with Crippen molar-refractivity contribution < 1.29 is 48.6 Å². The number of nitrogens with two attached hydrogens (primary N) is 1. The third-order valence-corrected chi connectivity index (χ3v) is 2.82. The molecule has 0 aromatic heterocycles. The minimum absolute atomic E-state index is 0. The average molecular weight is 288 g/mol. The van der Waals surface area contributed by atoms with Gasteiger partial charge in [0.05, 0.1) is 6.04 Å². The molecule has 0 aliphatic heterocycles. The van der Waals surface area contributed by atoms with E-state index in [1.807, 2.05) is 0 Å². The second kappa shape index (κ2) is 8.84. The SMILES string of the molecule is C[C@H](NC(=O)[C@@H](N)CCP(C)(=O)O)[C](=O)[AlH3-].[Na+]. The molecule has 0 heterocycles. The Balaban J connectivity index is 0. The molecule has 0 spiro atoms. The first kappa shape index (κ1) is 20.1. The van der Waals surface area contributed by atoms with Crippen molar-refractivity contribution in [3.8, 4) is 0 Å². The van der Waals surface area contributed by atoms with E-state index in [0.29, 0.717) is 0 Å². The van der Waals surface area contributed by atoms with Gasteiger partial charge >= 0.3 is 29.6 Å². The fourth-order valence-corrected chi connectivity index (χ4v) is 1.62. The van der Waals surface area contributed by atoms with Gasteiger partial charge in [0, 0.05) is 18.9 Å². The summed E-state index contributed by atoms with van der Waals surface area (Å²) in [6.07, 6.45) is 0.158. The number of hydrogen-bond donors (Lipinski definition) is 3. The van der Waals surface area contributed by atoms with Crippen LogP contribution in [-0.4, -0.2) is 56.6 Å². The normalized spacial score (nSPS) is 17.4. The molecule has 0 saturated heterocycles. The zero-order valence-electron chi connectivity index (χ0n) is 9.77. The maximum Gasteiger partial charge on any atom is 1.00 e. The maximum absolute atomic E-state index is 11.4. The molecule has 0 fully saturated rings.